The highest BCUT2D eigenvalue weighted by atomic mass is 32.1. The molecule has 3 N–H and O–H groups in total. The van der Waals surface area contributed by atoms with Crippen LogP contribution in [-0.4, -0.2) is 26.7 Å². The third kappa shape index (κ3) is 4.27. The number of hydrogen-bond donors (Lipinski definition) is 3. The first-order valence-corrected chi connectivity index (χ1v) is 9.32. The summed E-state index contributed by atoms with van der Waals surface area (Å²) in [6.45, 7) is 5.39. The molecule has 8 heteroatoms. The topological polar surface area (TPSA) is 113 Å². The summed E-state index contributed by atoms with van der Waals surface area (Å²) in [4.78, 5) is 9.40. The van der Waals surface area contributed by atoms with Gasteiger partial charge in [0.15, 0.2) is 5.82 Å². The van der Waals surface area contributed by atoms with E-state index in [0.717, 1.165) is 28.8 Å². The van der Waals surface area contributed by atoms with Gasteiger partial charge in [0.1, 0.15) is 11.9 Å². The molecule has 0 aliphatic rings. The van der Waals surface area contributed by atoms with Gasteiger partial charge in [0, 0.05) is 52.6 Å². The number of hydrogen-bond acceptors (Lipinski definition) is 8. The van der Waals surface area contributed by atoms with Gasteiger partial charge in [0.25, 0.3) is 0 Å². The molecule has 7 nitrogen and oxygen atoms in total. The highest BCUT2D eigenvalue weighted by Gasteiger charge is 2.17. The number of nitrogens with two attached hydrogens (primary N) is 1. The lowest BCUT2D eigenvalue weighted by molar-refractivity contribution is 0.685. The Labute approximate surface area is 169 Å². The average Bonchev–Trinajstić information content (AvgIpc) is 2.72. The summed E-state index contributed by atoms with van der Waals surface area (Å²) in [7, 11) is 0. The zero-order valence-electron chi connectivity index (χ0n) is 15.7. The minimum absolute atomic E-state index is 0.373. The number of thiol groups is 1. The fourth-order valence-electron chi connectivity index (χ4n) is 2.66. The molecule has 0 aliphatic heterocycles. The minimum Gasteiger partial charge on any atom is -0.368 e. The summed E-state index contributed by atoms with van der Waals surface area (Å²) in [5, 5.41) is 21.0. The number of anilines is 1. The molecule has 28 heavy (non-hydrogen) atoms. The van der Waals surface area contributed by atoms with Crippen LogP contribution in [0.25, 0.3) is 22.5 Å². The molecule has 0 unspecified atom stereocenters. The third-order valence-electron chi connectivity index (χ3n) is 4.11. The van der Waals surface area contributed by atoms with Crippen LogP contribution in [0.15, 0.2) is 41.7 Å². The summed E-state index contributed by atoms with van der Waals surface area (Å²) < 4.78 is 0. The number of nitrogens with one attached hydrogen (secondary N) is 1. The molecular weight excluding hydrogens is 370 g/mol. The van der Waals surface area contributed by atoms with E-state index < -0.39 is 0 Å². The van der Waals surface area contributed by atoms with Gasteiger partial charge in [-0.1, -0.05) is 13.8 Å². The van der Waals surface area contributed by atoms with E-state index in [1.54, 1.807) is 24.7 Å². The third-order valence-corrected chi connectivity index (χ3v) is 4.58. The van der Waals surface area contributed by atoms with Crippen molar-refractivity contribution >= 4 is 18.4 Å². The first-order chi connectivity index (χ1) is 13.5. The van der Waals surface area contributed by atoms with Gasteiger partial charge in [0.05, 0.1) is 11.8 Å². The summed E-state index contributed by atoms with van der Waals surface area (Å²) in [6.07, 6.45) is 5.04. The maximum atomic E-state index is 9.44. The SMILES string of the molecule is CC(C)CNc1cc(-c2c(-c3ncc(CN)cn3)ccc(C#N)c2S)cnn1. The summed E-state index contributed by atoms with van der Waals surface area (Å²) >= 11 is 4.61. The Morgan fingerprint density at radius 1 is 1.21 bits per heavy atom. The van der Waals surface area contributed by atoms with Crippen LogP contribution < -0.4 is 11.1 Å². The van der Waals surface area contributed by atoms with Crippen LogP contribution in [-0.2, 0) is 6.54 Å². The maximum Gasteiger partial charge on any atom is 0.159 e. The molecule has 2 aromatic heterocycles. The van der Waals surface area contributed by atoms with E-state index in [0.29, 0.717) is 34.6 Å². The molecule has 0 atom stereocenters. The average molecular weight is 392 g/mol. The van der Waals surface area contributed by atoms with Crippen LogP contribution in [0.5, 0.6) is 0 Å². The minimum atomic E-state index is 0.373. The van der Waals surface area contributed by atoms with Crippen molar-refractivity contribution < 1.29 is 0 Å². The Kier molecular flexibility index (Phi) is 6.19. The lowest BCUT2D eigenvalue weighted by Gasteiger charge is -2.14. The van der Waals surface area contributed by atoms with E-state index in [1.807, 2.05) is 12.1 Å². The van der Waals surface area contributed by atoms with Crippen LogP contribution in [0.4, 0.5) is 5.82 Å². The molecule has 0 aliphatic carbocycles. The molecule has 0 fully saturated rings. The van der Waals surface area contributed by atoms with Gasteiger partial charge >= 0.3 is 0 Å². The first-order valence-electron chi connectivity index (χ1n) is 8.87. The number of nitrogens with zero attached hydrogens (tertiary/aromatic N) is 5. The highest BCUT2D eigenvalue weighted by molar-refractivity contribution is 7.80. The number of rotatable bonds is 6. The van der Waals surface area contributed by atoms with E-state index in [2.05, 4.69) is 58.0 Å². The molecule has 2 heterocycles. The fraction of sp³-hybridized carbons (Fsp3) is 0.250. The summed E-state index contributed by atoms with van der Waals surface area (Å²) in [5.74, 6) is 1.66. The van der Waals surface area contributed by atoms with E-state index in [9.17, 15) is 5.26 Å². The van der Waals surface area contributed by atoms with Crippen molar-refractivity contribution in [2.45, 2.75) is 25.3 Å². The summed E-state index contributed by atoms with van der Waals surface area (Å²) in [5.41, 5.74) is 9.23. The molecule has 0 radical (unpaired) electrons. The Morgan fingerprint density at radius 3 is 2.61 bits per heavy atom. The van der Waals surface area contributed by atoms with Crippen molar-refractivity contribution in [3.05, 3.63) is 47.9 Å². The van der Waals surface area contributed by atoms with Gasteiger partial charge in [-0.2, -0.15) is 10.4 Å². The van der Waals surface area contributed by atoms with E-state index in [-0.39, 0.29) is 0 Å². The Hall–Kier alpha value is -3.02. The molecule has 0 spiro atoms. The molecule has 0 saturated heterocycles. The fourth-order valence-corrected chi connectivity index (χ4v) is 3.03. The second-order valence-corrected chi connectivity index (χ2v) is 7.17. The molecular formula is C20H21N7S. The van der Waals surface area contributed by atoms with Crippen molar-refractivity contribution in [1.29, 1.82) is 5.26 Å². The molecule has 0 amide bonds. The van der Waals surface area contributed by atoms with Gasteiger partial charge in [-0.25, -0.2) is 9.97 Å². The monoisotopic (exact) mass is 391 g/mol. The van der Waals surface area contributed by atoms with Crippen LogP contribution >= 0.6 is 12.6 Å². The quantitative estimate of drug-likeness (QED) is 0.553. The zero-order valence-corrected chi connectivity index (χ0v) is 16.6. The summed E-state index contributed by atoms with van der Waals surface area (Å²) in [6, 6.07) is 7.61. The standard InChI is InChI=1S/C20H21N7S/c1-12(2)8-23-17-5-15(11-26-27-17)18-16(4-3-14(7-22)19(18)28)20-24-9-13(6-21)10-25-20/h3-5,9-12,28H,6,8,21H2,1-2H3,(H,23,27). The largest absolute Gasteiger partial charge is 0.368 e. The molecule has 0 bridgehead atoms. The lowest BCUT2D eigenvalue weighted by Crippen LogP contribution is -2.09. The zero-order chi connectivity index (χ0) is 20.1. The second-order valence-electron chi connectivity index (χ2n) is 6.72. The van der Waals surface area contributed by atoms with E-state index in [4.69, 9.17) is 5.73 Å². The predicted octanol–water partition coefficient (Wildman–Crippen LogP) is 3.29. The molecule has 0 saturated carbocycles. The normalized spacial score (nSPS) is 10.7. The van der Waals surface area contributed by atoms with E-state index in [1.165, 1.54) is 0 Å². The Bertz CT molecular complexity index is 1010. The van der Waals surface area contributed by atoms with Gasteiger partial charge in [-0.05, 0) is 24.1 Å². The molecule has 3 aromatic rings. The molecule has 3 rings (SSSR count). The molecule has 142 valence electrons. The van der Waals surface area contributed by atoms with E-state index >= 15 is 0 Å². The van der Waals surface area contributed by atoms with Crippen molar-refractivity contribution in [3.8, 4) is 28.6 Å². The van der Waals surface area contributed by atoms with Crippen molar-refractivity contribution in [3.63, 3.8) is 0 Å². The van der Waals surface area contributed by atoms with Gasteiger partial charge in [0.2, 0.25) is 0 Å². The van der Waals surface area contributed by atoms with Gasteiger partial charge in [-0.15, -0.1) is 17.7 Å². The second kappa shape index (κ2) is 8.78. The van der Waals surface area contributed by atoms with Gasteiger partial charge in [-0.3, -0.25) is 0 Å². The smallest absolute Gasteiger partial charge is 0.159 e. The molecule has 1 aromatic carbocycles. The maximum absolute atomic E-state index is 9.44. The van der Waals surface area contributed by atoms with Crippen LogP contribution in [0.1, 0.15) is 25.0 Å². The van der Waals surface area contributed by atoms with Crippen LogP contribution in [0, 0.1) is 17.2 Å². The van der Waals surface area contributed by atoms with Gasteiger partial charge < -0.3 is 11.1 Å². The van der Waals surface area contributed by atoms with Crippen LogP contribution in [0.2, 0.25) is 0 Å². The highest BCUT2D eigenvalue weighted by Crippen LogP contribution is 2.37. The predicted molar refractivity (Wildman–Crippen MR) is 112 cm³/mol. The Morgan fingerprint density at radius 2 is 1.96 bits per heavy atom. The van der Waals surface area contributed by atoms with Crippen molar-refractivity contribution in [2.24, 2.45) is 11.7 Å². The van der Waals surface area contributed by atoms with Crippen LogP contribution in [0.3, 0.4) is 0 Å². The Balaban J connectivity index is 2.13. The first kappa shape index (κ1) is 19.7. The lowest BCUT2D eigenvalue weighted by atomic mass is 9.97. The van der Waals surface area contributed by atoms with Crippen molar-refractivity contribution in [1.82, 2.24) is 20.2 Å². The number of benzene rings is 1. The number of aromatic nitrogens is 4. The van der Waals surface area contributed by atoms with Crippen molar-refractivity contribution in [2.75, 3.05) is 11.9 Å². The number of nitriles is 1.